The number of hydrogen-bond acceptors (Lipinski definition) is 3. The predicted molar refractivity (Wildman–Crippen MR) is 47.9 cm³/mol. The highest BCUT2D eigenvalue weighted by Gasteiger charge is 2.41. The van der Waals surface area contributed by atoms with Gasteiger partial charge in [0.25, 0.3) is 0 Å². The molecule has 4 heteroatoms. The lowest BCUT2D eigenvalue weighted by atomic mass is 10.1. The number of nitrogens with zero attached hydrogens (tertiary/aromatic N) is 1. The van der Waals surface area contributed by atoms with E-state index in [4.69, 9.17) is 4.84 Å². The summed E-state index contributed by atoms with van der Waals surface area (Å²) in [5.41, 5.74) is -0.306. The predicted octanol–water partition coefficient (Wildman–Crippen LogP) is 0.291. The fourth-order valence-corrected chi connectivity index (χ4v) is 1.91. The van der Waals surface area contributed by atoms with Gasteiger partial charge < -0.3 is 5.32 Å². The van der Waals surface area contributed by atoms with Crippen LogP contribution in [0.3, 0.4) is 0 Å². The van der Waals surface area contributed by atoms with Crippen molar-refractivity contribution in [2.24, 2.45) is 0 Å². The molecule has 0 aromatic carbocycles. The van der Waals surface area contributed by atoms with Crippen molar-refractivity contribution in [1.82, 2.24) is 10.4 Å². The summed E-state index contributed by atoms with van der Waals surface area (Å²) >= 11 is 0. The highest BCUT2D eigenvalue weighted by molar-refractivity contribution is 5.78. The summed E-state index contributed by atoms with van der Waals surface area (Å²) in [5, 5.41) is 4.79. The van der Waals surface area contributed by atoms with Crippen LogP contribution in [0.5, 0.6) is 0 Å². The molecule has 2 heterocycles. The number of carbonyl (C=O) groups excluding carboxylic acids is 1. The van der Waals surface area contributed by atoms with Crippen molar-refractivity contribution in [1.29, 1.82) is 0 Å². The second kappa shape index (κ2) is 2.96. The first-order chi connectivity index (χ1) is 6.08. The summed E-state index contributed by atoms with van der Waals surface area (Å²) in [6.07, 6.45) is 1.51. The Hall–Kier alpha value is -0.610. The Bertz CT molecular complexity index is 222. The molecule has 0 radical (unpaired) electrons. The molecule has 0 aliphatic carbocycles. The zero-order chi connectivity index (χ0) is 9.47. The molecule has 2 aliphatic rings. The Morgan fingerprint density at radius 3 is 2.85 bits per heavy atom. The number of carbonyl (C=O) groups is 1. The van der Waals surface area contributed by atoms with Crippen molar-refractivity contribution in [3.63, 3.8) is 0 Å². The van der Waals surface area contributed by atoms with E-state index in [0.717, 1.165) is 19.5 Å². The highest BCUT2D eigenvalue weighted by Crippen LogP contribution is 2.28. The second-order valence-electron chi connectivity index (χ2n) is 4.39. The van der Waals surface area contributed by atoms with Gasteiger partial charge in [0.15, 0.2) is 0 Å². The van der Waals surface area contributed by atoms with Crippen LogP contribution in [0.15, 0.2) is 0 Å². The van der Waals surface area contributed by atoms with Crippen molar-refractivity contribution in [2.45, 2.75) is 38.3 Å². The molecule has 2 aliphatic heterocycles. The summed E-state index contributed by atoms with van der Waals surface area (Å²) in [6, 6.07) is 0.245. The van der Waals surface area contributed by atoms with Crippen LogP contribution in [0.25, 0.3) is 0 Å². The van der Waals surface area contributed by atoms with Gasteiger partial charge in [0.05, 0.1) is 18.1 Å². The second-order valence-corrected chi connectivity index (χ2v) is 4.39. The normalized spacial score (nSPS) is 32.9. The zero-order valence-corrected chi connectivity index (χ0v) is 8.17. The van der Waals surface area contributed by atoms with Gasteiger partial charge in [-0.25, -0.2) is 5.06 Å². The molecule has 2 rings (SSSR count). The van der Waals surface area contributed by atoms with Crippen molar-refractivity contribution < 1.29 is 9.63 Å². The first-order valence-corrected chi connectivity index (χ1v) is 4.80. The number of rotatable bonds is 1. The van der Waals surface area contributed by atoms with Gasteiger partial charge in [-0.05, 0) is 26.8 Å². The van der Waals surface area contributed by atoms with Crippen LogP contribution in [0.4, 0.5) is 0 Å². The highest BCUT2D eigenvalue weighted by atomic mass is 16.7. The largest absolute Gasteiger partial charge is 0.315 e. The van der Waals surface area contributed by atoms with Crippen LogP contribution in [0, 0.1) is 0 Å². The van der Waals surface area contributed by atoms with Crippen LogP contribution in [-0.4, -0.2) is 35.7 Å². The van der Waals surface area contributed by atoms with E-state index in [9.17, 15) is 4.79 Å². The molecular weight excluding hydrogens is 168 g/mol. The molecule has 1 unspecified atom stereocenters. The number of amides is 1. The Morgan fingerprint density at radius 2 is 2.38 bits per heavy atom. The molecule has 13 heavy (non-hydrogen) atoms. The smallest absolute Gasteiger partial charge is 0.249 e. The van der Waals surface area contributed by atoms with E-state index in [1.54, 1.807) is 5.06 Å². The SMILES string of the molecule is CC1(C)CC(=O)N(C2CCNC2)O1. The van der Waals surface area contributed by atoms with Gasteiger partial charge in [-0.1, -0.05) is 0 Å². The molecule has 1 N–H and O–H groups in total. The maximum Gasteiger partial charge on any atom is 0.249 e. The van der Waals surface area contributed by atoms with Crippen LogP contribution < -0.4 is 5.32 Å². The Kier molecular flexibility index (Phi) is 2.04. The van der Waals surface area contributed by atoms with E-state index in [-0.39, 0.29) is 17.6 Å². The van der Waals surface area contributed by atoms with Crippen LogP contribution in [-0.2, 0) is 9.63 Å². The summed E-state index contributed by atoms with van der Waals surface area (Å²) in [5.74, 6) is 0.124. The van der Waals surface area contributed by atoms with Crippen molar-refractivity contribution in [3.8, 4) is 0 Å². The number of hydroxylamine groups is 2. The van der Waals surface area contributed by atoms with Crippen LogP contribution in [0.1, 0.15) is 26.7 Å². The summed E-state index contributed by atoms with van der Waals surface area (Å²) < 4.78 is 0. The van der Waals surface area contributed by atoms with Crippen molar-refractivity contribution in [2.75, 3.05) is 13.1 Å². The number of hydrogen-bond donors (Lipinski definition) is 1. The maximum atomic E-state index is 11.6. The quantitative estimate of drug-likeness (QED) is 0.637. The third kappa shape index (κ3) is 1.69. The minimum atomic E-state index is -0.306. The van der Waals surface area contributed by atoms with E-state index >= 15 is 0 Å². The minimum Gasteiger partial charge on any atom is -0.315 e. The standard InChI is InChI=1S/C9H16N2O2/c1-9(2)5-8(12)11(13-9)7-3-4-10-6-7/h7,10H,3-6H2,1-2H3. The Labute approximate surface area is 78.2 Å². The van der Waals surface area contributed by atoms with Gasteiger partial charge >= 0.3 is 0 Å². The van der Waals surface area contributed by atoms with Crippen LogP contribution >= 0.6 is 0 Å². The lowest BCUT2D eigenvalue weighted by Gasteiger charge is -2.24. The summed E-state index contributed by atoms with van der Waals surface area (Å²) in [7, 11) is 0. The molecule has 4 nitrogen and oxygen atoms in total. The molecule has 1 amide bonds. The molecule has 0 aromatic heterocycles. The molecule has 1 atom stereocenters. The maximum absolute atomic E-state index is 11.6. The first kappa shape index (κ1) is 8.97. The zero-order valence-electron chi connectivity index (χ0n) is 8.17. The third-order valence-corrected chi connectivity index (χ3v) is 2.53. The van der Waals surface area contributed by atoms with Crippen molar-refractivity contribution in [3.05, 3.63) is 0 Å². The Balaban J connectivity index is 2.04. The van der Waals surface area contributed by atoms with Gasteiger partial charge in [-0.2, -0.15) is 0 Å². The topological polar surface area (TPSA) is 41.6 Å². The van der Waals surface area contributed by atoms with Gasteiger partial charge in [0.1, 0.15) is 0 Å². The molecular formula is C9H16N2O2. The average Bonchev–Trinajstić information content (AvgIpc) is 2.56. The van der Waals surface area contributed by atoms with E-state index in [1.165, 1.54) is 0 Å². The molecule has 0 saturated carbocycles. The fraction of sp³-hybridized carbons (Fsp3) is 0.889. The molecule has 2 saturated heterocycles. The fourth-order valence-electron chi connectivity index (χ4n) is 1.91. The lowest BCUT2D eigenvalue weighted by molar-refractivity contribution is -0.204. The van der Waals surface area contributed by atoms with Crippen LogP contribution in [0.2, 0.25) is 0 Å². The first-order valence-electron chi connectivity index (χ1n) is 4.80. The van der Waals surface area contributed by atoms with Gasteiger partial charge in [-0.3, -0.25) is 9.63 Å². The molecule has 2 fully saturated rings. The minimum absolute atomic E-state index is 0.124. The van der Waals surface area contributed by atoms with Gasteiger partial charge in [0.2, 0.25) is 5.91 Å². The summed E-state index contributed by atoms with van der Waals surface area (Å²) in [6.45, 7) is 5.75. The third-order valence-electron chi connectivity index (χ3n) is 2.53. The Morgan fingerprint density at radius 1 is 1.62 bits per heavy atom. The van der Waals surface area contributed by atoms with Gasteiger partial charge in [-0.15, -0.1) is 0 Å². The van der Waals surface area contributed by atoms with Crippen molar-refractivity contribution >= 4 is 5.91 Å². The van der Waals surface area contributed by atoms with E-state index < -0.39 is 0 Å². The average molecular weight is 184 g/mol. The van der Waals surface area contributed by atoms with E-state index in [0.29, 0.717) is 6.42 Å². The molecule has 0 aromatic rings. The van der Waals surface area contributed by atoms with E-state index in [2.05, 4.69) is 5.32 Å². The molecule has 0 bridgehead atoms. The van der Waals surface area contributed by atoms with Gasteiger partial charge in [0, 0.05) is 6.54 Å². The monoisotopic (exact) mass is 184 g/mol. The summed E-state index contributed by atoms with van der Waals surface area (Å²) in [4.78, 5) is 17.1. The molecule has 0 spiro atoms. The number of nitrogens with one attached hydrogen (secondary N) is 1. The molecule has 74 valence electrons. The lowest BCUT2D eigenvalue weighted by Crippen LogP contribution is -2.37. The van der Waals surface area contributed by atoms with E-state index in [1.807, 2.05) is 13.8 Å².